The van der Waals surface area contributed by atoms with E-state index in [4.69, 9.17) is 15.5 Å². The quantitative estimate of drug-likeness (QED) is 0.510. The van der Waals surface area contributed by atoms with Crippen LogP contribution in [0.4, 0.5) is 21.8 Å². The van der Waals surface area contributed by atoms with Crippen molar-refractivity contribution >= 4 is 28.5 Å². The molecule has 3 aromatic rings. The number of hydrogen-bond acceptors (Lipinski definition) is 11. The zero-order valence-corrected chi connectivity index (χ0v) is 22.0. The van der Waals surface area contributed by atoms with Gasteiger partial charge in [0.2, 0.25) is 5.95 Å². The molecule has 0 radical (unpaired) electrons. The molecule has 1 aromatic carbocycles. The number of hydrogen-bond donors (Lipinski definition) is 1. The molecule has 0 bridgehead atoms. The Labute approximate surface area is 227 Å². The number of nitriles is 1. The van der Waals surface area contributed by atoms with Gasteiger partial charge in [-0.05, 0) is 25.1 Å². The maximum absolute atomic E-state index is 13.9. The summed E-state index contributed by atoms with van der Waals surface area (Å²) in [5, 5.41) is 9.49. The number of piperazine rings is 1. The zero-order chi connectivity index (χ0) is 26.9. The van der Waals surface area contributed by atoms with Gasteiger partial charge in [0.15, 0.2) is 0 Å². The van der Waals surface area contributed by atoms with Crippen molar-refractivity contribution in [2.45, 2.75) is 31.3 Å². The first-order chi connectivity index (χ1) is 19.0. The molecule has 0 saturated carbocycles. The van der Waals surface area contributed by atoms with Crippen molar-refractivity contribution in [3.63, 3.8) is 0 Å². The molecule has 0 aliphatic carbocycles. The third kappa shape index (κ3) is 5.30. The fourth-order valence-electron chi connectivity index (χ4n) is 5.80. The van der Waals surface area contributed by atoms with E-state index in [2.05, 4.69) is 42.6 Å². The summed E-state index contributed by atoms with van der Waals surface area (Å²) in [6, 6.07) is 7.44. The minimum absolute atomic E-state index is 0.0429. The van der Waals surface area contributed by atoms with Crippen molar-refractivity contribution in [3.05, 3.63) is 42.4 Å². The largest absolute Gasteiger partial charge is 0.370 e. The second-order valence-electron chi connectivity index (χ2n) is 10.6. The summed E-state index contributed by atoms with van der Waals surface area (Å²) in [6.45, 7) is 8.54. The molecule has 4 atom stereocenters. The Bertz CT molecular complexity index is 1350. The van der Waals surface area contributed by atoms with E-state index in [-0.39, 0.29) is 18.8 Å². The van der Waals surface area contributed by atoms with Crippen LogP contribution >= 0.6 is 0 Å². The number of ether oxygens (including phenoxy) is 1. The van der Waals surface area contributed by atoms with E-state index in [1.165, 1.54) is 0 Å². The van der Waals surface area contributed by atoms with Crippen LogP contribution in [-0.4, -0.2) is 108 Å². The van der Waals surface area contributed by atoms with Gasteiger partial charge in [0.25, 0.3) is 0 Å². The average molecular weight is 533 g/mol. The van der Waals surface area contributed by atoms with E-state index in [0.717, 1.165) is 62.8 Å². The van der Waals surface area contributed by atoms with Crippen LogP contribution in [0.15, 0.2) is 36.8 Å². The van der Waals surface area contributed by atoms with Gasteiger partial charge in [-0.15, -0.1) is 0 Å². The van der Waals surface area contributed by atoms with Crippen LogP contribution in [0.5, 0.6) is 0 Å². The summed E-state index contributed by atoms with van der Waals surface area (Å²) < 4.78 is 20.3. The number of alkyl halides is 1. The minimum atomic E-state index is -1.05. The van der Waals surface area contributed by atoms with Gasteiger partial charge in [-0.1, -0.05) is 0 Å². The van der Waals surface area contributed by atoms with Gasteiger partial charge >= 0.3 is 0 Å². The molecule has 12 heteroatoms. The highest BCUT2D eigenvalue weighted by atomic mass is 19.1. The lowest BCUT2D eigenvalue weighted by Gasteiger charge is -2.42. The first-order valence-electron chi connectivity index (χ1n) is 13.5. The number of aromatic nitrogens is 4. The van der Waals surface area contributed by atoms with Gasteiger partial charge in [0.1, 0.15) is 29.1 Å². The van der Waals surface area contributed by atoms with Crippen molar-refractivity contribution in [2.75, 3.05) is 73.6 Å². The Hall–Kier alpha value is -3.66. The summed E-state index contributed by atoms with van der Waals surface area (Å²) in [4.78, 5) is 26.9. The third-order valence-electron chi connectivity index (χ3n) is 7.75. The molecule has 5 heterocycles. The van der Waals surface area contributed by atoms with Crippen LogP contribution in [-0.2, 0) is 4.74 Å². The van der Waals surface area contributed by atoms with Crippen LogP contribution in [0, 0.1) is 11.3 Å². The van der Waals surface area contributed by atoms with Crippen molar-refractivity contribution in [1.29, 1.82) is 5.26 Å². The second-order valence-corrected chi connectivity index (χ2v) is 10.6. The van der Waals surface area contributed by atoms with E-state index in [1.54, 1.807) is 18.6 Å². The molecule has 39 heavy (non-hydrogen) atoms. The van der Waals surface area contributed by atoms with Crippen LogP contribution in [0.1, 0.15) is 12.5 Å². The molecule has 3 fully saturated rings. The number of nitrogens with zero attached hydrogens (tertiary/aromatic N) is 9. The molecule has 2 aromatic heterocycles. The summed E-state index contributed by atoms with van der Waals surface area (Å²) in [5.74, 6) is 1.40. The lowest BCUT2D eigenvalue weighted by atomic mass is 10.1. The standard InChI is InChI=1S/C27H33FN10O/c1-18-13-37(23-3-2-19(12-29)25-26(23)32-7-6-31-25)15-20(39-18)14-35-8-10-36(11-9-35)24-4-5-33-27(34-24)38-16-21(28)22(30)17-38/h2-7,18,20-22H,8-11,13-17,30H2,1H3/t18-,20+,21+,22-/m1/s1. The van der Waals surface area contributed by atoms with Crippen LogP contribution in [0.2, 0.25) is 0 Å². The smallest absolute Gasteiger partial charge is 0.227 e. The number of halogens is 1. The molecular formula is C27H33FN10O. The highest BCUT2D eigenvalue weighted by Crippen LogP contribution is 2.29. The Morgan fingerprint density at radius 1 is 0.949 bits per heavy atom. The van der Waals surface area contributed by atoms with E-state index in [0.29, 0.717) is 23.6 Å². The topological polar surface area (TPSA) is 124 Å². The lowest BCUT2D eigenvalue weighted by molar-refractivity contribution is -0.0327. The second kappa shape index (κ2) is 10.8. The maximum atomic E-state index is 13.9. The molecule has 11 nitrogen and oxygen atoms in total. The molecule has 204 valence electrons. The first kappa shape index (κ1) is 25.6. The monoisotopic (exact) mass is 532 g/mol. The molecule has 0 unspecified atom stereocenters. The number of fused-ring (bicyclic) bond motifs is 1. The number of nitrogens with two attached hydrogens (primary N) is 1. The molecule has 3 aliphatic rings. The predicted octanol–water partition coefficient (Wildman–Crippen LogP) is 1.19. The van der Waals surface area contributed by atoms with Crippen molar-refractivity contribution < 1.29 is 9.13 Å². The van der Waals surface area contributed by atoms with E-state index < -0.39 is 12.2 Å². The van der Waals surface area contributed by atoms with Crippen molar-refractivity contribution in [2.24, 2.45) is 5.73 Å². The number of benzene rings is 1. The number of morpholine rings is 1. The Morgan fingerprint density at radius 3 is 2.49 bits per heavy atom. The number of rotatable bonds is 5. The van der Waals surface area contributed by atoms with Crippen LogP contribution in [0.25, 0.3) is 11.0 Å². The zero-order valence-electron chi connectivity index (χ0n) is 22.0. The summed E-state index contributed by atoms with van der Waals surface area (Å²) in [7, 11) is 0. The van der Waals surface area contributed by atoms with Crippen LogP contribution in [0.3, 0.4) is 0 Å². The molecular weight excluding hydrogens is 499 g/mol. The minimum Gasteiger partial charge on any atom is -0.370 e. The average Bonchev–Trinajstić information content (AvgIpc) is 3.30. The Morgan fingerprint density at radius 2 is 1.74 bits per heavy atom. The van der Waals surface area contributed by atoms with Gasteiger partial charge in [-0.25, -0.2) is 9.37 Å². The van der Waals surface area contributed by atoms with Gasteiger partial charge in [0, 0.05) is 70.9 Å². The van der Waals surface area contributed by atoms with E-state index in [9.17, 15) is 9.65 Å². The third-order valence-corrected chi connectivity index (χ3v) is 7.75. The predicted molar refractivity (Wildman–Crippen MR) is 147 cm³/mol. The van der Waals surface area contributed by atoms with E-state index >= 15 is 0 Å². The van der Waals surface area contributed by atoms with Gasteiger partial charge in [0.05, 0.1) is 36.0 Å². The van der Waals surface area contributed by atoms with E-state index in [1.807, 2.05) is 23.1 Å². The van der Waals surface area contributed by atoms with Crippen molar-refractivity contribution in [3.8, 4) is 6.07 Å². The Kier molecular flexibility index (Phi) is 7.12. The molecule has 3 aliphatic heterocycles. The molecule has 2 N–H and O–H groups in total. The summed E-state index contributed by atoms with van der Waals surface area (Å²) >= 11 is 0. The van der Waals surface area contributed by atoms with Gasteiger partial charge < -0.3 is 25.2 Å². The van der Waals surface area contributed by atoms with Gasteiger partial charge in [-0.2, -0.15) is 10.2 Å². The summed E-state index contributed by atoms with van der Waals surface area (Å²) in [5.41, 5.74) is 8.75. The van der Waals surface area contributed by atoms with Crippen LogP contribution < -0.4 is 20.4 Å². The normalized spacial score (nSPS) is 26.3. The molecule has 0 amide bonds. The van der Waals surface area contributed by atoms with Crippen molar-refractivity contribution in [1.82, 2.24) is 24.8 Å². The SMILES string of the molecule is C[C@@H]1CN(c2ccc(C#N)c3nccnc23)C[C@H](CN2CCN(c3ccnc(N4C[C@@H](N)[C@@H](F)C4)n3)CC2)O1. The first-order valence-corrected chi connectivity index (χ1v) is 13.5. The molecule has 3 saturated heterocycles. The highest BCUT2D eigenvalue weighted by Gasteiger charge is 2.32. The molecule has 0 spiro atoms. The fraction of sp³-hybridized carbons (Fsp3) is 0.519. The maximum Gasteiger partial charge on any atom is 0.227 e. The molecule has 6 rings (SSSR count). The number of anilines is 3. The Balaban J connectivity index is 1.08. The lowest BCUT2D eigenvalue weighted by Crippen LogP contribution is -2.54. The van der Waals surface area contributed by atoms with Gasteiger partial charge in [-0.3, -0.25) is 14.9 Å². The summed E-state index contributed by atoms with van der Waals surface area (Å²) in [6.07, 6.45) is 4.10. The highest BCUT2D eigenvalue weighted by molar-refractivity contribution is 5.92. The fourth-order valence-corrected chi connectivity index (χ4v) is 5.80.